The van der Waals surface area contributed by atoms with Crippen molar-refractivity contribution in [1.29, 1.82) is 15.8 Å². The van der Waals surface area contributed by atoms with Gasteiger partial charge in [-0.25, -0.2) is 0 Å². The first-order chi connectivity index (χ1) is 25.2. The quantitative estimate of drug-likeness (QED) is 0.179. The first-order valence-corrected chi connectivity index (χ1v) is 16.7. The number of fused-ring (bicyclic) bond motifs is 5. The zero-order chi connectivity index (χ0) is 34.5. The van der Waals surface area contributed by atoms with Gasteiger partial charge in [-0.1, -0.05) is 103 Å². The number of aromatic nitrogens is 1. The molecule has 0 bridgehead atoms. The van der Waals surface area contributed by atoms with Gasteiger partial charge in [0, 0.05) is 16.3 Å². The van der Waals surface area contributed by atoms with Crippen molar-refractivity contribution in [3.05, 3.63) is 174 Å². The lowest BCUT2D eigenvalue weighted by atomic mass is 9.83. The highest BCUT2D eigenvalue weighted by atomic mass is 15.0. The fourth-order valence-electron chi connectivity index (χ4n) is 7.71. The minimum Gasteiger partial charge on any atom is -0.309 e. The molecule has 0 spiro atoms. The number of para-hydroxylation sites is 1. The minimum absolute atomic E-state index is 0.555. The maximum Gasteiger partial charge on any atom is 0.0991 e. The Morgan fingerprint density at radius 3 is 1.39 bits per heavy atom. The second-order valence-corrected chi connectivity index (χ2v) is 12.6. The SMILES string of the molecule is N#Cc1ccc(-c2c3ccccc3c(-c3ccccc3)c3ccccc23)c(-c2ccccc2-n2c3ccc(C#N)cc3c3cc(C#N)ccc32)c1. The molecule has 51 heavy (non-hydrogen) atoms. The van der Waals surface area contributed by atoms with E-state index < -0.39 is 0 Å². The van der Waals surface area contributed by atoms with Gasteiger partial charge in [0.15, 0.2) is 0 Å². The maximum atomic E-state index is 10.2. The molecule has 0 aliphatic rings. The van der Waals surface area contributed by atoms with Crippen LogP contribution in [0, 0.1) is 34.0 Å². The van der Waals surface area contributed by atoms with Gasteiger partial charge < -0.3 is 4.57 Å². The van der Waals surface area contributed by atoms with Gasteiger partial charge in [0.25, 0.3) is 0 Å². The standard InChI is InChI=1S/C47H26N4/c48-27-30-18-21-39(47-37-15-6-4-13-35(37)46(33-10-2-1-3-11-33)36-14-5-7-16-38(36)47)40(24-30)34-12-8-9-17-43(34)51-44-22-19-31(28-49)25-41(44)42-26-32(29-50)20-23-45(42)51/h1-26H. The van der Waals surface area contributed by atoms with Gasteiger partial charge in [0.2, 0.25) is 0 Å². The second-order valence-electron chi connectivity index (χ2n) is 12.6. The molecule has 1 aromatic heterocycles. The van der Waals surface area contributed by atoms with E-state index in [4.69, 9.17) is 0 Å². The molecular formula is C47H26N4. The minimum atomic E-state index is 0.555. The van der Waals surface area contributed by atoms with Crippen LogP contribution in [-0.2, 0) is 0 Å². The lowest BCUT2D eigenvalue weighted by molar-refractivity contribution is 1.18. The van der Waals surface area contributed by atoms with E-state index in [2.05, 4.69) is 114 Å². The predicted octanol–water partition coefficient (Wildman–Crippen LogP) is 11.7. The third-order valence-corrected chi connectivity index (χ3v) is 9.87. The molecule has 8 aromatic carbocycles. The van der Waals surface area contributed by atoms with E-state index in [9.17, 15) is 15.8 Å². The van der Waals surface area contributed by atoms with Crippen molar-refractivity contribution in [2.24, 2.45) is 0 Å². The Kier molecular flexibility index (Phi) is 6.93. The first-order valence-electron chi connectivity index (χ1n) is 16.7. The zero-order valence-corrected chi connectivity index (χ0v) is 27.3. The third kappa shape index (κ3) is 4.66. The molecule has 0 saturated carbocycles. The van der Waals surface area contributed by atoms with E-state index in [1.54, 1.807) is 0 Å². The summed E-state index contributed by atoms with van der Waals surface area (Å²) < 4.78 is 2.21. The molecule has 4 heteroatoms. The maximum absolute atomic E-state index is 10.2. The van der Waals surface area contributed by atoms with Crippen LogP contribution in [0.2, 0.25) is 0 Å². The number of hydrogen-bond acceptors (Lipinski definition) is 3. The Labute approximate surface area is 294 Å². The van der Waals surface area contributed by atoms with Crippen LogP contribution >= 0.6 is 0 Å². The average molecular weight is 647 g/mol. The van der Waals surface area contributed by atoms with Crippen molar-refractivity contribution in [3.8, 4) is 57.3 Å². The molecule has 0 N–H and O–H groups in total. The summed E-state index contributed by atoms with van der Waals surface area (Å²) in [5, 5.41) is 36.1. The zero-order valence-electron chi connectivity index (χ0n) is 27.3. The van der Waals surface area contributed by atoms with Crippen LogP contribution in [0.15, 0.2) is 158 Å². The molecule has 9 rings (SSSR count). The molecule has 0 fully saturated rings. The number of benzene rings is 8. The van der Waals surface area contributed by atoms with Crippen molar-refractivity contribution in [2.45, 2.75) is 0 Å². The largest absolute Gasteiger partial charge is 0.309 e. The Bertz CT molecular complexity index is 2870. The third-order valence-electron chi connectivity index (χ3n) is 9.87. The highest BCUT2D eigenvalue weighted by molar-refractivity contribution is 6.22. The van der Waals surface area contributed by atoms with E-state index in [1.165, 1.54) is 5.56 Å². The molecule has 0 radical (unpaired) electrons. The Hall–Kier alpha value is -7.45. The van der Waals surface area contributed by atoms with Crippen LogP contribution < -0.4 is 0 Å². The van der Waals surface area contributed by atoms with Crippen molar-refractivity contribution in [2.75, 3.05) is 0 Å². The molecule has 9 aromatic rings. The highest BCUT2D eigenvalue weighted by Crippen LogP contribution is 2.47. The monoisotopic (exact) mass is 646 g/mol. The molecule has 0 saturated heterocycles. The molecule has 4 nitrogen and oxygen atoms in total. The van der Waals surface area contributed by atoms with Gasteiger partial charge >= 0.3 is 0 Å². The molecule has 0 atom stereocenters. The van der Waals surface area contributed by atoms with Crippen LogP contribution in [0.3, 0.4) is 0 Å². The number of hydrogen-bond donors (Lipinski definition) is 0. The van der Waals surface area contributed by atoms with Gasteiger partial charge in [-0.15, -0.1) is 0 Å². The van der Waals surface area contributed by atoms with Crippen LogP contribution in [0.4, 0.5) is 0 Å². The summed E-state index contributed by atoms with van der Waals surface area (Å²) in [6, 6.07) is 60.4. The summed E-state index contributed by atoms with van der Waals surface area (Å²) in [6.45, 7) is 0. The van der Waals surface area contributed by atoms with E-state index in [0.29, 0.717) is 16.7 Å². The van der Waals surface area contributed by atoms with Gasteiger partial charge in [0.1, 0.15) is 0 Å². The summed E-state index contributed by atoms with van der Waals surface area (Å²) in [7, 11) is 0. The van der Waals surface area contributed by atoms with Crippen molar-refractivity contribution in [3.63, 3.8) is 0 Å². The van der Waals surface area contributed by atoms with Crippen molar-refractivity contribution >= 4 is 43.4 Å². The van der Waals surface area contributed by atoms with Crippen molar-refractivity contribution in [1.82, 2.24) is 4.57 Å². The van der Waals surface area contributed by atoms with Gasteiger partial charge in [-0.3, -0.25) is 0 Å². The van der Waals surface area contributed by atoms with Crippen LogP contribution in [0.1, 0.15) is 16.7 Å². The molecule has 0 aliphatic heterocycles. The number of rotatable bonds is 4. The van der Waals surface area contributed by atoms with E-state index >= 15 is 0 Å². The van der Waals surface area contributed by atoms with Crippen LogP contribution in [0.5, 0.6) is 0 Å². The van der Waals surface area contributed by atoms with Gasteiger partial charge in [0.05, 0.1) is 51.6 Å². The van der Waals surface area contributed by atoms with Crippen LogP contribution in [0.25, 0.3) is 82.4 Å². The lowest BCUT2D eigenvalue weighted by Gasteiger charge is -2.21. The Morgan fingerprint density at radius 2 is 0.824 bits per heavy atom. The van der Waals surface area contributed by atoms with Crippen molar-refractivity contribution < 1.29 is 0 Å². The highest BCUT2D eigenvalue weighted by Gasteiger charge is 2.22. The summed E-state index contributed by atoms with van der Waals surface area (Å²) in [4.78, 5) is 0. The molecule has 0 unspecified atom stereocenters. The molecule has 0 aliphatic carbocycles. The normalized spacial score (nSPS) is 11.1. The van der Waals surface area contributed by atoms with Crippen LogP contribution in [-0.4, -0.2) is 4.57 Å². The average Bonchev–Trinajstić information content (AvgIpc) is 3.52. The molecular weight excluding hydrogens is 621 g/mol. The first kappa shape index (κ1) is 29.7. The Morgan fingerprint density at radius 1 is 0.353 bits per heavy atom. The smallest absolute Gasteiger partial charge is 0.0991 e. The fraction of sp³-hybridized carbons (Fsp3) is 0. The summed E-state index contributed by atoms with van der Waals surface area (Å²) in [5.74, 6) is 0. The number of nitrogens with zero attached hydrogens (tertiary/aromatic N) is 4. The summed E-state index contributed by atoms with van der Waals surface area (Å²) in [5.41, 5.74) is 10.8. The van der Waals surface area contributed by atoms with E-state index in [-0.39, 0.29) is 0 Å². The number of nitriles is 3. The van der Waals surface area contributed by atoms with Gasteiger partial charge in [-0.2, -0.15) is 15.8 Å². The van der Waals surface area contributed by atoms with Gasteiger partial charge in [-0.05, 0) is 104 Å². The summed E-state index contributed by atoms with van der Waals surface area (Å²) >= 11 is 0. The Balaban J connectivity index is 1.39. The predicted molar refractivity (Wildman–Crippen MR) is 206 cm³/mol. The molecule has 1 heterocycles. The molecule has 234 valence electrons. The summed E-state index contributed by atoms with van der Waals surface area (Å²) in [6.07, 6.45) is 0. The molecule has 0 amide bonds. The lowest BCUT2D eigenvalue weighted by Crippen LogP contribution is -1.99. The fourth-order valence-corrected chi connectivity index (χ4v) is 7.71. The second kappa shape index (κ2) is 11.9. The van der Waals surface area contributed by atoms with E-state index in [0.717, 1.165) is 76.9 Å². The topological polar surface area (TPSA) is 76.3 Å². The van der Waals surface area contributed by atoms with E-state index in [1.807, 2.05) is 66.7 Å².